The number of para-hydroxylation sites is 1. The Morgan fingerprint density at radius 3 is 2.12 bits per heavy atom. The van der Waals surface area contributed by atoms with Gasteiger partial charge in [-0.1, -0.05) is 18.2 Å². The smallest absolute Gasteiger partial charge is 0.250 e. The van der Waals surface area contributed by atoms with Crippen LogP contribution in [0.15, 0.2) is 42.5 Å². The van der Waals surface area contributed by atoms with Crippen LogP contribution in [0, 0.1) is 13.8 Å². The van der Waals surface area contributed by atoms with Crippen LogP contribution in [0.2, 0.25) is 0 Å². The largest absolute Gasteiger partial charge is 0.375 e. The van der Waals surface area contributed by atoms with Crippen LogP contribution in [0.5, 0.6) is 0 Å². The van der Waals surface area contributed by atoms with Crippen LogP contribution in [-0.2, 0) is 14.3 Å². The molecule has 1 unspecified atom stereocenters. The van der Waals surface area contributed by atoms with E-state index in [1.165, 1.54) is 7.11 Å². The Bertz CT molecular complexity index is 752. The molecule has 0 spiro atoms. The van der Waals surface area contributed by atoms with Crippen molar-refractivity contribution in [2.45, 2.75) is 26.8 Å². The number of carbonyl (C=O) groups excluding carboxylic acids is 2. The number of rotatable bonds is 7. The first-order chi connectivity index (χ1) is 12.4. The maximum Gasteiger partial charge on any atom is 0.250 e. The van der Waals surface area contributed by atoms with Crippen LogP contribution in [0.1, 0.15) is 18.1 Å². The highest BCUT2D eigenvalue weighted by Gasteiger charge is 2.15. The first kappa shape index (κ1) is 19.5. The lowest BCUT2D eigenvalue weighted by Gasteiger charge is -2.18. The zero-order valence-corrected chi connectivity index (χ0v) is 15.6. The van der Waals surface area contributed by atoms with E-state index < -0.39 is 6.04 Å². The SMILES string of the molecule is COCC(=O)Nc1ccc(NC(C)C(=O)Nc2c(C)cccc2C)cc1. The maximum atomic E-state index is 12.5. The summed E-state index contributed by atoms with van der Waals surface area (Å²) in [7, 11) is 1.47. The second-order valence-corrected chi connectivity index (χ2v) is 6.18. The Balaban J connectivity index is 1.95. The lowest BCUT2D eigenvalue weighted by Crippen LogP contribution is -2.32. The van der Waals surface area contributed by atoms with Gasteiger partial charge in [-0.15, -0.1) is 0 Å². The molecule has 2 aromatic rings. The summed E-state index contributed by atoms with van der Waals surface area (Å²) in [4.78, 5) is 23.9. The normalized spacial score (nSPS) is 11.5. The van der Waals surface area contributed by atoms with Gasteiger partial charge in [0.15, 0.2) is 0 Å². The standard InChI is InChI=1S/C20H25N3O3/c1-13-6-5-7-14(2)19(13)23-20(25)15(3)21-16-8-10-17(11-9-16)22-18(24)12-26-4/h5-11,15,21H,12H2,1-4H3,(H,22,24)(H,23,25). The molecule has 0 saturated carbocycles. The number of nitrogens with one attached hydrogen (secondary N) is 3. The van der Waals surface area contributed by atoms with E-state index in [9.17, 15) is 9.59 Å². The summed E-state index contributed by atoms with van der Waals surface area (Å²) in [6.45, 7) is 5.75. The summed E-state index contributed by atoms with van der Waals surface area (Å²) in [6.07, 6.45) is 0. The van der Waals surface area contributed by atoms with Gasteiger partial charge >= 0.3 is 0 Å². The molecule has 3 N–H and O–H groups in total. The summed E-state index contributed by atoms with van der Waals surface area (Å²) < 4.78 is 4.78. The van der Waals surface area contributed by atoms with Crippen molar-refractivity contribution >= 4 is 28.9 Å². The number of benzene rings is 2. The van der Waals surface area contributed by atoms with Crippen LogP contribution >= 0.6 is 0 Å². The molecule has 0 aromatic heterocycles. The number of hydrogen-bond acceptors (Lipinski definition) is 4. The third kappa shape index (κ3) is 5.32. The average Bonchev–Trinajstić information content (AvgIpc) is 2.60. The number of amides is 2. The summed E-state index contributed by atoms with van der Waals surface area (Å²) in [6, 6.07) is 12.7. The predicted octanol–water partition coefficient (Wildman–Crippen LogP) is 3.33. The molecule has 0 aliphatic rings. The summed E-state index contributed by atoms with van der Waals surface area (Å²) in [5.74, 6) is -0.325. The van der Waals surface area contributed by atoms with Crippen LogP contribution in [0.25, 0.3) is 0 Å². The van der Waals surface area contributed by atoms with Crippen molar-refractivity contribution in [2.24, 2.45) is 0 Å². The van der Waals surface area contributed by atoms with E-state index in [4.69, 9.17) is 4.74 Å². The molecule has 138 valence electrons. The zero-order valence-electron chi connectivity index (χ0n) is 15.6. The maximum absolute atomic E-state index is 12.5. The lowest BCUT2D eigenvalue weighted by molar-refractivity contribution is -0.119. The highest BCUT2D eigenvalue weighted by atomic mass is 16.5. The van der Waals surface area contributed by atoms with Crippen molar-refractivity contribution in [3.05, 3.63) is 53.6 Å². The van der Waals surface area contributed by atoms with E-state index in [0.717, 1.165) is 22.5 Å². The number of anilines is 3. The third-order valence-corrected chi connectivity index (χ3v) is 3.95. The van der Waals surface area contributed by atoms with Crippen LogP contribution < -0.4 is 16.0 Å². The number of methoxy groups -OCH3 is 1. The van der Waals surface area contributed by atoms with Gasteiger partial charge in [0.1, 0.15) is 12.6 Å². The molecule has 0 bridgehead atoms. The first-order valence-corrected chi connectivity index (χ1v) is 8.43. The summed E-state index contributed by atoms with van der Waals surface area (Å²) in [5.41, 5.74) is 4.37. The van der Waals surface area contributed by atoms with Crippen LogP contribution in [0.3, 0.4) is 0 Å². The monoisotopic (exact) mass is 355 g/mol. The molecule has 0 saturated heterocycles. The highest BCUT2D eigenvalue weighted by Crippen LogP contribution is 2.20. The molecule has 6 heteroatoms. The van der Waals surface area contributed by atoms with Gasteiger partial charge in [-0.25, -0.2) is 0 Å². The quantitative estimate of drug-likeness (QED) is 0.712. The molecule has 2 aromatic carbocycles. The molecule has 0 aliphatic carbocycles. The second-order valence-electron chi connectivity index (χ2n) is 6.18. The minimum absolute atomic E-state index is 0.00945. The molecule has 0 radical (unpaired) electrons. The number of ether oxygens (including phenoxy) is 1. The van der Waals surface area contributed by atoms with E-state index in [0.29, 0.717) is 5.69 Å². The Morgan fingerprint density at radius 1 is 0.962 bits per heavy atom. The third-order valence-electron chi connectivity index (χ3n) is 3.95. The van der Waals surface area contributed by atoms with E-state index >= 15 is 0 Å². The fraction of sp³-hybridized carbons (Fsp3) is 0.300. The van der Waals surface area contributed by atoms with E-state index in [-0.39, 0.29) is 18.4 Å². The van der Waals surface area contributed by atoms with Crippen molar-refractivity contribution in [3.63, 3.8) is 0 Å². The van der Waals surface area contributed by atoms with Gasteiger partial charge in [-0.3, -0.25) is 9.59 Å². The van der Waals surface area contributed by atoms with Crippen molar-refractivity contribution in [1.82, 2.24) is 0 Å². The Kier molecular flexibility index (Phi) is 6.74. The van der Waals surface area contributed by atoms with Crippen molar-refractivity contribution < 1.29 is 14.3 Å². The van der Waals surface area contributed by atoms with E-state index in [2.05, 4.69) is 16.0 Å². The molecule has 1 atom stereocenters. The lowest BCUT2D eigenvalue weighted by atomic mass is 10.1. The van der Waals surface area contributed by atoms with Crippen LogP contribution in [0.4, 0.5) is 17.1 Å². The number of aryl methyl sites for hydroxylation is 2. The number of carbonyl (C=O) groups is 2. The Labute approximate surface area is 153 Å². The highest BCUT2D eigenvalue weighted by molar-refractivity contribution is 5.97. The van der Waals surface area contributed by atoms with E-state index in [1.807, 2.05) is 44.2 Å². The molecule has 26 heavy (non-hydrogen) atoms. The molecule has 0 aliphatic heterocycles. The minimum atomic E-state index is -0.414. The first-order valence-electron chi connectivity index (χ1n) is 8.43. The van der Waals surface area contributed by atoms with Gasteiger partial charge in [0, 0.05) is 24.2 Å². The Hall–Kier alpha value is -2.86. The van der Waals surface area contributed by atoms with Crippen LogP contribution in [-0.4, -0.2) is 31.6 Å². The zero-order chi connectivity index (χ0) is 19.1. The van der Waals surface area contributed by atoms with Crippen molar-refractivity contribution in [3.8, 4) is 0 Å². The second kappa shape index (κ2) is 9.01. The van der Waals surface area contributed by atoms with Crippen molar-refractivity contribution in [1.29, 1.82) is 0 Å². The van der Waals surface area contributed by atoms with Gasteiger partial charge in [-0.2, -0.15) is 0 Å². The predicted molar refractivity (Wildman–Crippen MR) is 105 cm³/mol. The molecule has 0 heterocycles. The fourth-order valence-electron chi connectivity index (χ4n) is 2.54. The van der Waals surface area contributed by atoms with Gasteiger partial charge < -0.3 is 20.7 Å². The fourth-order valence-corrected chi connectivity index (χ4v) is 2.54. The number of hydrogen-bond donors (Lipinski definition) is 3. The molecule has 2 amide bonds. The van der Waals surface area contributed by atoms with Crippen molar-refractivity contribution in [2.75, 3.05) is 29.7 Å². The molecule has 0 fully saturated rings. The average molecular weight is 355 g/mol. The summed E-state index contributed by atoms with van der Waals surface area (Å²) in [5, 5.41) is 8.86. The topological polar surface area (TPSA) is 79.5 Å². The van der Waals surface area contributed by atoms with Gasteiger partial charge in [0.05, 0.1) is 0 Å². The molecule has 6 nitrogen and oxygen atoms in total. The van der Waals surface area contributed by atoms with Gasteiger partial charge in [0.2, 0.25) is 11.8 Å². The summed E-state index contributed by atoms with van der Waals surface area (Å²) >= 11 is 0. The Morgan fingerprint density at radius 2 is 1.54 bits per heavy atom. The molecular formula is C20H25N3O3. The van der Waals surface area contributed by atoms with Gasteiger partial charge in [0.25, 0.3) is 0 Å². The van der Waals surface area contributed by atoms with Gasteiger partial charge in [-0.05, 0) is 56.2 Å². The molecule has 2 rings (SSSR count). The van der Waals surface area contributed by atoms with E-state index in [1.54, 1.807) is 19.1 Å². The minimum Gasteiger partial charge on any atom is -0.375 e. The molecular weight excluding hydrogens is 330 g/mol.